The zero-order chi connectivity index (χ0) is 14.1. The van der Waals surface area contributed by atoms with Crippen LogP contribution in [-0.4, -0.2) is 5.91 Å². The van der Waals surface area contributed by atoms with Crippen LogP contribution in [0.2, 0.25) is 0 Å². The lowest BCUT2D eigenvalue weighted by molar-refractivity contribution is 0.102. The van der Waals surface area contributed by atoms with Crippen molar-refractivity contribution in [2.24, 2.45) is 0 Å². The number of fused-ring (bicyclic) bond motifs is 1. The smallest absolute Gasteiger partial charge is 0.259 e. The number of nitrogens with one attached hydrogen (secondary N) is 1. The van der Waals surface area contributed by atoms with Crippen LogP contribution in [0.25, 0.3) is 11.0 Å². The first-order valence-corrected chi connectivity index (χ1v) is 6.67. The average Bonchev–Trinajstić information content (AvgIpc) is 2.86. The summed E-state index contributed by atoms with van der Waals surface area (Å²) in [5.41, 5.74) is 1.59. The van der Waals surface area contributed by atoms with Gasteiger partial charge in [-0.25, -0.2) is 4.39 Å². The highest BCUT2D eigenvalue weighted by Gasteiger charge is 2.14. The number of furan rings is 1. The van der Waals surface area contributed by atoms with E-state index in [-0.39, 0.29) is 11.7 Å². The van der Waals surface area contributed by atoms with Crippen molar-refractivity contribution in [3.05, 3.63) is 64.6 Å². The van der Waals surface area contributed by atoms with Crippen molar-refractivity contribution in [2.45, 2.75) is 0 Å². The second-order valence-corrected chi connectivity index (χ2v) is 5.08. The summed E-state index contributed by atoms with van der Waals surface area (Å²) in [6.45, 7) is 0. The Kier molecular flexibility index (Phi) is 3.28. The van der Waals surface area contributed by atoms with E-state index in [9.17, 15) is 9.18 Å². The molecule has 1 heterocycles. The molecule has 0 saturated heterocycles. The summed E-state index contributed by atoms with van der Waals surface area (Å²) in [5, 5.41) is 3.46. The minimum absolute atomic E-state index is 0.303. The van der Waals surface area contributed by atoms with E-state index >= 15 is 0 Å². The van der Waals surface area contributed by atoms with Crippen molar-refractivity contribution in [2.75, 3.05) is 5.32 Å². The summed E-state index contributed by atoms with van der Waals surface area (Å²) >= 11 is 3.21. The minimum atomic E-state index is -0.372. The molecule has 100 valence electrons. The molecule has 2 aromatic carbocycles. The average molecular weight is 334 g/mol. The predicted octanol–water partition coefficient (Wildman–Crippen LogP) is 4.59. The Morgan fingerprint density at radius 3 is 2.80 bits per heavy atom. The lowest BCUT2D eigenvalue weighted by Crippen LogP contribution is -2.11. The van der Waals surface area contributed by atoms with Gasteiger partial charge in [0, 0.05) is 9.86 Å². The molecule has 0 atom stereocenters. The van der Waals surface area contributed by atoms with E-state index in [2.05, 4.69) is 21.2 Å². The summed E-state index contributed by atoms with van der Waals surface area (Å²) in [7, 11) is 0. The van der Waals surface area contributed by atoms with Gasteiger partial charge >= 0.3 is 0 Å². The molecule has 5 heteroatoms. The Bertz CT molecular complexity index is 797. The van der Waals surface area contributed by atoms with Gasteiger partial charge in [-0.1, -0.05) is 18.2 Å². The van der Waals surface area contributed by atoms with Crippen LogP contribution < -0.4 is 5.32 Å². The van der Waals surface area contributed by atoms with E-state index in [1.165, 1.54) is 24.5 Å². The van der Waals surface area contributed by atoms with Crippen molar-refractivity contribution in [1.82, 2.24) is 0 Å². The number of amides is 1. The number of para-hydroxylation sites is 1. The highest BCUT2D eigenvalue weighted by molar-refractivity contribution is 9.10. The Morgan fingerprint density at radius 1 is 1.20 bits per heavy atom. The van der Waals surface area contributed by atoms with Gasteiger partial charge in [-0.15, -0.1) is 0 Å². The van der Waals surface area contributed by atoms with Crippen LogP contribution in [0, 0.1) is 5.82 Å². The molecule has 0 aliphatic rings. The third kappa shape index (κ3) is 2.32. The molecule has 0 bridgehead atoms. The van der Waals surface area contributed by atoms with E-state index in [1.54, 1.807) is 6.07 Å². The second-order valence-electron chi connectivity index (χ2n) is 4.22. The third-order valence-electron chi connectivity index (χ3n) is 2.90. The van der Waals surface area contributed by atoms with E-state index in [0.29, 0.717) is 21.3 Å². The van der Waals surface area contributed by atoms with E-state index in [1.807, 2.05) is 18.2 Å². The van der Waals surface area contributed by atoms with Gasteiger partial charge in [-0.05, 0) is 40.2 Å². The molecule has 1 aromatic heterocycles. The molecule has 0 unspecified atom stereocenters. The van der Waals surface area contributed by atoms with Crippen LogP contribution >= 0.6 is 15.9 Å². The summed E-state index contributed by atoms with van der Waals surface area (Å²) in [6, 6.07) is 11.4. The maximum Gasteiger partial charge on any atom is 0.259 e. The first-order valence-electron chi connectivity index (χ1n) is 5.88. The van der Waals surface area contributed by atoms with Crippen molar-refractivity contribution in [3.63, 3.8) is 0 Å². The SMILES string of the molecule is O=C(Nc1ccc(F)cc1Br)c1coc2ccccc12. The first-order chi connectivity index (χ1) is 9.65. The lowest BCUT2D eigenvalue weighted by atomic mass is 10.1. The fourth-order valence-electron chi connectivity index (χ4n) is 1.93. The number of hydrogen-bond acceptors (Lipinski definition) is 2. The van der Waals surface area contributed by atoms with Crippen LogP contribution in [-0.2, 0) is 0 Å². The number of halogens is 2. The summed E-state index contributed by atoms with van der Waals surface area (Å²) in [6.07, 6.45) is 1.41. The summed E-state index contributed by atoms with van der Waals surface area (Å²) < 4.78 is 18.8. The number of hydrogen-bond donors (Lipinski definition) is 1. The van der Waals surface area contributed by atoms with Crippen LogP contribution in [0.3, 0.4) is 0 Å². The highest BCUT2D eigenvalue weighted by Crippen LogP contribution is 2.26. The molecule has 1 amide bonds. The van der Waals surface area contributed by atoms with Gasteiger partial charge in [-0.3, -0.25) is 4.79 Å². The molecule has 0 saturated carbocycles. The Hall–Kier alpha value is -2.14. The number of carbonyl (C=O) groups is 1. The van der Waals surface area contributed by atoms with Crippen molar-refractivity contribution < 1.29 is 13.6 Å². The van der Waals surface area contributed by atoms with Crippen LogP contribution in [0.15, 0.2) is 57.6 Å². The van der Waals surface area contributed by atoms with Gasteiger partial charge in [0.25, 0.3) is 5.91 Å². The molecular formula is C15H9BrFNO2. The highest BCUT2D eigenvalue weighted by atomic mass is 79.9. The van der Waals surface area contributed by atoms with E-state index in [4.69, 9.17) is 4.42 Å². The molecule has 0 radical (unpaired) electrons. The molecule has 3 rings (SSSR count). The predicted molar refractivity (Wildman–Crippen MR) is 78.3 cm³/mol. The van der Waals surface area contributed by atoms with Gasteiger partial charge in [0.15, 0.2) is 0 Å². The Morgan fingerprint density at radius 2 is 2.00 bits per heavy atom. The molecule has 20 heavy (non-hydrogen) atoms. The van der Waals surface area contributed by atoms with E-state index < -0.39 is 0 Å². The van der Waals surface area contributed by atoms with Crippen LogP contribution in [0.1, 0.15) is 10.4 Å². The number of benzene rings is 2. The monoisotopic (exact) mass is 333 g/mol. The zero-order valence-electron chi connectivity index (χ0n) is 10.2. The molecule has 0 spiro atoms. The maximum atomic E-state index is 13.0. The molecule has 3 nitrogen and oxygen atoms in total. The molecule has 3 aromatic rings. The van der Waals surface area contributed by atoms with Gasteiger partial charge in [0.05, 0.1) is 11.3 Å². The zero-order valence-corrected chi connectivity index (χ0v) is 11.8. The van der Waals surface area contributed by atoms with Crippen molar-refractivity contribution in [3.8, 4) is 0 Å². The van der Waals surface area contributed by atoms with Crippen molar-refractivity contribution in [1.29, 1.82) is 0 Å². The molecule has 0 fully saturated rings. The lowest BCUT2D eigenvalue weighted by Gasteiger charge is -2.06. The standard InChI is InChI=1S/C15H9BrFNO2/c16-12-7-9(17)5-6-13(12)18-15(19)11-8-20-14-4-2-1-3-10(11)14/h1-8H,(H,18,19). The number of carbonyl (C=O) groups excluding carboxylic acids is 1. The van der Waals surface area contributed by atoms with Gasteiger partial charge in [0.1, 0.15) is 17.7 Å². The Labute approximate surface area is 122 Å². The normalized spacial score (nSPS) is 10.7. The topological polar surface area (TPSA) is 42.2 Å². The fraction of sp³-hybridized carbons (Fsp3) is 0. The third-order valence-corrected chi connectivity index (χ3v) is 3.56. The summed E-state index contributed by atoms with van der Waals surface area (Å²) in [5.74, 6) is -0.675. The Balaban J connectivity index is 1.93. The maximum absolute atomic E-state index is 13.0. The van der Waals surface area contributed by atoms with Gasteiger partial charge in [0.2, 0.25) is 0 Å². The molecule has 0 aliphatic carbocycles. The molecule has 0 aliphatic heterocycles. The molecule has 1 N–H and O–H groups in total. The fourth-order valence-corrected chi connectivity index (χ4v) is 2.38. The largest absolute Gasteiger partial charge is 0.463 e. The second kappa shape index (κ2) is 5.09. The molecular weight excluding hydrogens is 325 g/mol. The number of rotatable bonds is 2. The quantitative estimate of drug-likeness (QED) is 0.745. The van der Waals surface area contributed by atoms with Crippen molar-refractivity contribution >= 4 is 38.5 Å². The van der Waals surface area contributed by atoms with Crippen LogP contribution in [0.5, 0.6) is 0 Å². The van der Waals surface area contributed by atoms with Gasteiger partial charge < -0.3 is 9.73 Å². The first kappa shape index (κ1) is 12.9. The number of anilines is 1. The summed E-state index contributed by atoms with van der Waals surface area (Å²) in [4.78, 5) is 12.2. The van der Waals surface area contributed by atoms with Crippen LogP contribution in [0.4, 0.5) is 10.1 Å². The van der Waals surface area contributed by atoms with E-state index in [0.717, 1.165) is 5.39 Å². The van der Waals surface area contributed by atoms with Gasteiger partial charge in [-0.2, -0.15) is 0 Å². The minimum Gasteiger partial charge on any atom is -0.463 e.